The van der Waals surface area contributed by atoms with Crippen LogP contribution in [0.1, 0.15) is 53.4 Å². The van der Waals surface area contributed by atoms with Crippen molar-refractivity contribution in [2.24, 2.45) is 0 Å². The largest absolute Gasteiger partial charge is 0.472 e. The molecule has 0 aromatic carbocycles. The first-order chi connectivity index (χ1) is 14.2. The van der Waals surface area contributed by atoms with Crippen molar-refractivity contribution in [2.45, 2.75) is 59.5 Å². The van der Waals surface area contributed by atoms with Crippen LogP contribution < -0.4 is 5.32 Å². The Morgan fingerprint density at radius 3 is 2.23 bits per heavy atom. The maximum absolute atomic E-state index is 11.7. The highest BCUT2D eigenvalue weighted by atomic mass is 31.2. The number of likely N-dealkylation sites (N-methyl/N-ethyl adjacent to an activating group) is 1. The summed E-state index contributed by atoms with van der Waals surface area (Å²) >= 11 is 0. The lowest BCUT2D eigenvalue weighted by Gasteiger charge is -2.17. The van der Waals surface area contributed by atoms with E-state index in [4.69, 9.17) is 18.5 Å². The van der Waals surface area contributed by atoms with Gasteiger partial charge in [0, 0.05) is 13.7 Å². The van der Waals surface area contributed by atoms with Crippen molar-refractivity contribution in [1.82, 2.24) is 5.32 Å². The molecule has 0 aliphatic heterocycles. The van der Waals surface area contributed by atoms with Crippen LogP contribution >= 0.6 is 7.82 Å². The number of rotatable bonds is 18. The van der Waals surface area contributed by atoms with Gasteiger partial charge in [0.05, 0.1) is 26.4 Å². The average molecular weight is 448 g/mol. The van der Waals surface area contributed by atoms with Gasteiger partial charge in [-0.3, -0.25) is 9.05 Å². The van der Waals surface area contributed by atoms with Crippen LogP contribution in [0.2, 0.25) is 0 Å². The summed E-state index contributed by atoms with van der Waals surface area (Å²) in [6, 6.07) is 0. The molecule has 2 N–H and O–H groups in total. The van der Waals surface area contributed by atoms with Crippen LogP contribution in [0.5, 0.6) is 0 Å². The van der Waals surface area contributed by atoms with Crippen LogP contribution in [-0.4, -0.2) is 58.1 Å². The Balaban J connectivity index is 4.08. The molecule has 0 heterocycles. The molecule has 0 amide bonds. The van der Waals surface area contributed by atoms with E-state index in [2.05, 4.69) is 51.2 Å². The van der Waals surface area contributed by atoms with Gasteiger partial charge in [0.25, 0.3) is 0 Å². The van der Waals surface area contributed by atoms with Gasteiger partial charge in [0.1, 0.15) is 6.10 Å². The molecule has 2 unspecified atom stereocenters. The molecule has 0 fully saturated rings. The van der Waals surface area contributed by atoms with Gasteiger partial charge < -0.3 is 19.7 Å². The molecule has 0 aliphatic carbocycles. The van der Waals surface area contributed by atoms with E-state index in [9.17, 15) is 9.46 Å². The Bertz CT molecular complexity index is 584. The summed E-state index contributed by atoms with van der Waals surface area (Å²) in [5, 5.41) is 2.82. The Hall–Kier alpha value is -0.790. The second-order valence-corrected chi connectivity index (χ2v) is 9.01. The third-order valence-electron chi connectivity index (χ3n) is 4.34. The fraction of sp³-hybridized carbons (Fsp3) is 0.727. The highest BCUT2D eigenvalue weighted by Crippen LogP contribution is 2.42. The molecule has 0 aromatic rings. The first-order valence-electron chi connectivity index (χ1n) is 10.5. The summed E-state index contributed by atoms with van der Waals surface area (Å²) in [5.74, 6) is 0. The van der Waals surface area contributed by atoms with Crippen LogP contribution in [0.4, 0.5) is 0 Å². The number of allylic oxidation sites excluding steroid dienone is 5. The van der Waals surface area contributed by atoms with E-state index in [-0.39, 0.29) is 19.8 Å². The monoisotopic (exact) mass is 447 g/mol. The van der Waals surface area contributed by atoms with Gasteiger partial charge >= 0.3 is 7.82 Å². The molecule has 0 aliphatic rings. The molecule has 30 heavy (non-hydrogen) atoms. The third-order valence-corrected chi connectivity index (χ3v) is 5.32. The molecule has 2 atom stereocenters. The van der Waals surface area contributed by atoms with E-state index >= 15 is 0 Å². The highest BCUT2D eigenvalue weighted by molar-refractivity contribution is 7.47. The van der Waals surface area contributed by atoms with Crippen LogP contribution in [0.3, 0.4) is 0 Å². The number of phosphoric acid groups is 1. The van der Waals surface area contributed by atoms with Gasteiger partial charge in [-0.25, -0.2) is 4.57 Å². The van der Waals surface area contributed by atoms with Crippen LogP contribution in [0.15, 0.2) is 34.9 Å². The molecule has 0 saturated carbocycles. The lowest BCUT2D eigenvalue weighted by Crippen LogP contribution is -2.24. The summed E-state index contributed by atoms with van der Waals surface area (Å²) in [6.45, 7) is 9.73. The minimum atomic E-state index is -4.07. The molecule has 0 spiro atoms. The van der Waals surface area contributed by atoms with E-state index in [1.807, 2.05) is 0 Å². The maximum Gasteiger partial charge on any atom is 0.472 e. The molecule has 0 rings (SSSR count). The van der Waals surface area contributed by atoms with Gasteiger partial charge in [-0.15, -0.1) is 0 Å². The van der Waals surface area contributed by atoms with Gasteiger partial charge in [-0.05, 0) is 60.4 Å². The number of phosphoric ester groups is 1. The zero-order valence-corrected chi connectivity index (χ0v) is 20.5. The topological polar surface area (TPSA) is 86.3 Å². The van der Waals surface area contributed by atoms with Crippen molar-refractivity contribution in [2.75, 3.05) is 47.1 Å². The zero-order valence-electron chi connectivity index (χ0n) is 19.6. The molecule has 0 aromatic heterocycles. The zero-order chi connectivity index (χ0) is 22.8. The lowest BCUT2D eigenvalue weighted by atomic mass is 10.1. The van der Waals surface area contributed by atoms with Crippen molar-refractivity contribution >= 4 is 7.82 Å². The molecule has 7 nitrogen and oxygen atoms in total. The average Bonchev–Trinajstić information content (AvgIpc) is 2.67. The van der Waals surface area contributed by atoms with Gasteiger partial charge in [0.15, 0.2) is 0 Å². The summed E-state index contributed by atoms with van der Waals surface area (Å²) in [6.07, 6.45) is 10.4. The molecule has 0 radical (unpaired) electrons. The third kappa shape index (κ3) is 18.0. The number of hydrogen-bond donors (Lipinski definition) is 2. The fourth-order valence-corrected chi connectivity index (χ4v) is 3.15. The predicted molar refractivity (Wildman–Crippen MR) is 123 cm³/mol. The van der Waals surface area contributed by atoms with Crippen molar-refractivity contribution in [3.8, 4) is 0 Å². The molecular weight excluding hydrogens is 405 g/mol. The van der Waals surface area contributed by atoms with Crippen molar-refractivity contribution in [3.05, 3.63) is 34.9 Å². The lowest BCUT2D eigenvalue weighted by molar-refractivity contribution is -0.0153. The van der Waals surface area contributed by atoms with Crippen LogP contribution in [0.25, 0.3) is 0 Å². The first kappa shape index (κ1) is 29.2. The Kier molecular flexibility index (Phi) is 17.4. The first-order valence-corrected chi connectivity index (χ1v) is 12.0. The van der Waals surface area contributed by atoms with Crippen molar-refractivity contribution in [3.63, 3.8) is 0 Å². The number of ether oxygens (including phenoxy) is 2. The van der Waals surface area contributed by atoms with Gasteiger partial charge in [-0.1, -0.05) is 34.9 Å². The second kappa shape index (κ2) is 17.8. The maximum atomic E-state index is 11.7. The molecular formula is C22H42NO6P. The molecule has 176 valence electrons. The number of nitrogens with one attached hydrogen (secondary N) is 1. The number of methoxy groups -OCH3 is 1. The Morgan fingerprint density at radius 2 is 1.63 bits per heavy atom. The second-order valence-electron chi connectivity index (χ2n) is 7.56. The smallest absolute Gasteiger partial charge is 0.377 e. The van der Waals surface area contributed by atoms with Crippen molar-refractivity contribution in [1.29, 1.82) is 0 Å². The van der Waals surface area contributed by atoms with E-state index in [0.717, 1.165) is 25.7 Å². The van der Waals surface area contributed by atoms with E-state index in [1.165, 1.54) is 23.8 Å². The fourth-order valence-electron chi connectivity index (χ4n) is 2.40. The molecule has 8 heteroatoms. The van der Waals surface area contributed by atoms with Crippen LogP contribution in [0, 0.1) is 0 Å². The van der Waals surface area contributed by atoms with E-state index in [1.54, 1.807) is 7.05 Å². The summed E-state index contributed by atoms with van der Waals surface area (Å²) < 4.78 is 32.3. The predicted octanol–water partition coefficient (Wildman–Crippen LogP) is 4.79. The Morgan fingerprint density at radius 1 is 1.00 bits per heavy atom. The number of hydrogen-bond acceptors (Lipinski definition) is 6. The van der Waals surface area contributed by atoms with Crippen molar-refractivity contribution < 1.29 is 28.0 Å². The highest BCUT2D eigenvalue weighted by Gasteiger charge is 2.23. The van der Waals surface area contributed by atoms with Gasteiger partial charge in [0.2, 0.25) is 0 Å². The summed E-state index contributed by atoms with van der Waals surface area (Å²) in [5.41, 5.74) is 4.06. The molecule has 0 bridgehead atoms. The standard InChI is InChI=1S/C22H42NO6P/c1-19(2)9-7-10-20(3)11-8-12-21(4)13-15-27-17-22(26-6)18-29-30(24,25)28-16-14-23-5/h9,11,13,22-23H,7-8,10,12,14-18H2,1-6H3,(H,24,25). The normalized spacial score (nSPS) is 15.7. The molecule has 0 saturated heterocycles. The minimum absolute atomic E-state index is 0.0800. The Labute approximate surface area is 183 Å². The summed E-state index contributed by atoms with van der Waals surface area (Å²) in [4.78, 5) is 9.59. The van der Waals surface area contributed by atoms with E-state index in [0.29, 0.717) is 13.2 Å². The van der Waals surface area contributed by atoms with Crippen LogP contribution in [-0.2, 0) is 23.1 Å². The minimum Gasteiger partial charge on any atom is -0.377 e. The summed E-state index contributed by atoms with van der Waals surface area (Å²) in [7, 11) is -0.836. The SMILES string of the molecule is CNCCOP(=O)(O)OCC(COCC=C(C)CCC=C(C)CCC=C(C)C)OC. The van der Waals surface area contributed by atoms with Gasteiger partial charge in [-0.2, -0.15) is 0 Å². The van der Waals surface area contributed by atoms with E-state index < -0.39 is 13.9 Å². The quantitative estimate of drug-likeness (QED) is 0.177.